The zero-order valence-electron chi connectivity index (χ0n) is 14.5. The van der Waals surface area contributed by atoms with E-state index in [4.69, 9.17) is 0 Å². The summed E-state index contributed by atoms with van der Waals surface area (Å²) < 4.78 is 18.5. The molecule has 0 saturated carbocycles. The molecule has 2 rings (SSSR count). The Kier molecular flexibility index (Phi) is 5.99. The highest BCUT2D eigenvalue weighted by molar-refractivity contribution is 5.90. The van der Waals surface area contributed by atoms with Crippen LogP contribution in [0.1, 0.15) is 37.6 Å². The van der Waals surface area contributed by atoms with Gasteiger partial charge < -0.3 is 9.64 Å². The van der Waals surface area contributed by atoms with Crippen molar-refractivity contribution in [3.8, 4) is 0 Å². The monoisotopic (exact) mass is 322 g/mol. The van der Waals surface area contributed by atoms with Crippen molar-refractivity contribution in [2.75, 3.05) is 38.2 Å². The van der Waals surface area contributed by atoms with Crippen LogP contribution in [0.4, 0.5) is 10.1 Å². The zero-order chi connectivity index (χ0) is 17.0. The van der Waals surface area contributed by atoms with Crippen molar-refractivity contribution in [3.05, 3.63) is 29.6 Å². The molecule has 5 heteroatoms. The Bertz CT molecular complexity index is 548. The van der Waals surface area contributed by atoms with Crippen LogP contribution in [0.3, 0.4) is 0 Å². The lowest BCUT2D eigenvalue weighted by Crippen LogP contribution is -2.53. The number of methoxy groups -OCH3 is 1. The molecule has 1 aliphatic heterocycles. The third-order valence-electron chi connectivity index (χ3n) is 4.35. The molecule has 1 aromatic rings. The molecule has 0 unspecified atom stereocenters. The zero-order valence-corrected chi connectivity index (χ0v) is 14.5. The molecule has 23 heavy (non-hydrogen) atoms. The fourth-order valence-corrected chi connectivity index (χ4v) is 3.25. The van der Waals surface area contributed by atoms with Gasteiger partial charge in [0.25, 0.3) is 0 Å². The van der Waals surface area contributed by atoms with Crippen molar-refractivity contribution in [1.29, 1.82) is 0 Å². The minimum atomic E-state index is -0.629. The van der Waals surface area contributed by atoms with E-state index in [0.29, 0.717) is 12.0 Å². The number of hydrogen-bond acceptors (Lipinski definition) is 4. The lowest BCUT2D eigenvalue weighted by atomic mass is 10.1. The molecule has 0 amide bonds. The summed E-state index contributed by atoms with van der Waals surface area (Å²) in [5.74, 6) is -0.515. The second-order valence-corrected chi connectivity index (χ2v) is 6.56. The number of piperazine rings is 1. The molecular formula is C18H27FN2O2. The summed E-state index contributed by atoms with van der Waals surface area (Å²) in [6.45, 7) is 10.6. The third-order valence-corrected chi connectivity index (χ3v) is 4.35. The molecule has 0 spiro atoms. The summed E-state index contributed by atoms with van der Waals surface area (Å²) in [6, 6.07) is 5.10. The number of esters is 1. The fourth-order valence-electron chi connectivity index (χ4n) is 3.25. The smallest absolute Gasteiger partial charge is 0.340 e. The van der Waals surface area contributed by atoms with E-state index in [1.165, 1.54) is 13.2 Å². The predicted molar refractivity (Wildman–Crippen MR) is 90.4 cm³/mol. The van der Waals surface area contributed by atoms with Crippen LogP contribution < -0.4 is 4.90 Å². The van der Waals surface area contributed by atoms with Crippen LogP contribution in [0, 0.1) is 11.7 Å². The lowest BCUT2D eigenvalue weighted by molar-refractivity contribution is 0.0595. The van der Waals surface area contributed by atoms with Gasteiger partial charge in [0, 0.05) is 37.9 Å². The number of halogens is 1. The Morgan fingerprint density at radius 3 is 2.74 bits per heavy atom. The van der Waals surface area contributed by atoms with Gasteiger partial charge in [-0.25, -0.2) is 9.18 Å². The van der Waals surface area contributed by atoms with Crippen LogP contribution >= 0.6 is 0 Å². The third kappa shape index (κ3) is 4.22. The average Bonchev–Trinajstić information content (AvgIpc) is 2.54. The van der Waals surface area contributed by atoms with Crippen LogP contribution in [0.25, 0.3) is 0 Å². The van der Waals surface area contributed by atoms with E-state index < -0.39 is 11.8 Å². The van der Waals surface area contributed by atoms with Crippen molar-refractivity contribution >= 4 is 11.7 Å². The van der Waals surface area contributed by atoms with Crippen molar-refractivity contribution in [2.45, 2.75) is 33.2 Å². The Hall–Kier alpha value is -1.62. The summed E-state index contributed by atoms with van der Waals surface area (Å²) in [6.07, 6.45) is 1.01. The van der Waals surface area contributed by atoms with Gasteiger partial charge in [-0.3, -0.25) is 4.90 Å². The first-order valence-electron chi connectivity index (χ1n) is 8.33. The Morgan fingerprint density at radius 2 is 2.13 bits per heavy atom. The number of benzene rings is 1. The largest absolute Gasteiger partial charge is 0.465 e. The molecule has 4 nitrogen and oxygen atoms in total. The lowest BCUT2D eigenvalue weighted by Gasteiger charge is -2.43. The number of rotatable bonds is 5. The molecule has 1 aromatic carbocycles. The normalized spacial score (nSPS) is 19.2. The number of ether oxygens (including phenoxy) is 1. The maximum absolute atomic E-state index is 13.8. The molecule has 0 bridgehead atoms. The average molecular weight is 322 g/mol. The summed E-state index contributed by atoms with van der Waals surface area (Å²) in [5.41, 5.74) is 0.896. The summed E-state index contributed by atoms with van der Waals surface area (Å²) in [7, 11) is 1.27. The molecule has 0 N–H and O–H groups in total. The molecule has 0 aromatic heterocycles. The molecule has 1 saturated heterocycles. The van der Waals surface area contributed by atoms with Gasteiger partial charge in [0.2, 0.25) is 0 Å². The maximum atomic E-state index is 13.8. The highest BCUT2D eigenvalue weighted by Gasteiger charge is 2.27. The van der Waals surface area contributed by atoms with Gasteiger partial charge >= 0.3 is 5.97 Å². The van der Waals surface area contributed by atoms with E-state index >= 15 is 0 Å². The Morgan fingerprint density at radius 1 is 1.39 bits per heavy atom. The van der Waals surface area contributed by atoms with Crippen LogP contribution in [0.5, 0.6) is 0 Å². The summed E-state index contributed by atoms with van der Waals surface area (Å²) in [5, 5.41) is 0. The van der Waals surface area contributed by atoms with Crippen LogP contribution in [-0.2, 0) is 4.74 Å². The summed E-state index contributed by atoms with van der Waals surface area (Å²) in [4.78, 5) is 16.5. The first-order chi connectivity index (χ1) is 11.0. The van der Waals surface area contributed by atoms with E-state index in [1.54, 1.807) is 12.1 Å². The number of carbonyl (C=O) groups is 1. The highest BCUT2D eigenvalue weighted by atomic mass is 19.1. The molecule has 1 heterocycles. The Balaban J connectivity index is 2.19. The van der Waals surface area contributed by atoms with Crippen molar-refractivity contribution in [3.63, 3.8) is 0 Å². The topological polar surface area (TPSA) is 32.8 Å². The molecule has 1 fully saturated rings. The van der Waals surface area contributed by atoms with E-state index in [0.717, 1.165) is 38.3 Å². The van der Waals surface area contributed by atoms with E-state index in [2.05, 4.69) is 35.3 Å². The van der Waals surface area contributed by atoms with Gasteiger partial charge in [0.1, 0.15) is 5.82 Å². The fraction of sp³-hybridized carbons (Fsp3) is 0.611. The van der Waals surface area contributed by atoms with Crippen LogP contribution in [-0.4, -0.2) is 50.2 Å². The first-order valence-corrected chi connectivity index (χ1v) is 8.33. The van der Waals surface area contributed by atoms with Crippen molar-refractivity contribution in [1.82, 2.24) is 4.90 Å². The minimum absolute atomic E-state index is 0.00413. The number of hydrogen-bond donors (Lipinski definition) is 0. The molecule has 0 radical (unpaired) electrons. The van der Waals surface area contributed by atoms with Crippen molar-refractivity contribution < 1.29 is 13.9 Å². The van der Waals surface area contributed by atoms with Crippen molar-refractivity contribution in [2.24, 2.45) is 5.92 Å². The maximum Gasteiger partial charge on any atom is 0.340 e. The number of nitrogens with zero attached hydrogens (tertiary/aromatic N) is 2. The molecule has 128 valence electrons. The van der Waals surface area contributed by atoms with Gasteiger partial charge in [0.05, 0.1) is 12.7 Å². The van der Waals surface area contributed by atoms with Gasteiger partial charge in [-0.15, -0.1) is 0 Å². The van der Waals surface area contributed by atoms with Gasteiger partial charge in [0.15, 0.2) is 0 Å². The highest BCUT2D eigenvalue weighted by Crippen LogP contribution is 2.25. The van der Waals surface area contributed by atoms with Crippen LogP contribution in [0.15, 0.2) is 18.2 Å². The molecule has 1 aliphatic rings. The van der Waals surface area contributed by atoms with Gasteiger partial charge in [-0.1, -0.05) is 20.8 Å². The Labute approximate surface area is 138 Å². The first kappa shape index (κ1) is 17.7. The molecular weight excluding hydrogens is 295 g/mol. The molecule has 1 atom stereocenters. The SMILES string of the molecule is CC[C@H]1CN(CC(C)C)CCN1c1ccc(F)c(C(=O)OC)c1. The van der Waals surface area contributed by atoms with E-state index in [9.17, 15) is 9.18 Å². The number of carbonyl (C=O) groups excluding carboxylic acids is 1. The standard InChI is InChI=1S/C18H27FN2O2/c1-5-14-12-20(11-13(2)3)8-9-21(14)15-6-7-17(19)16(10-15)18(22)23-4/h6-7,10,13-14H,5,8-9,11-12H2,1-4H3/t14-/m0/s1. The minimum Gasteiger partial charge on any atom is -0.465 e. The second kappa shape index (κ2) is 7.77. The number of anilines is 1. The van der Waals surface area contributed by atoms with Gasteiger partial charge in [-0.05, 0) is 30.5 Å². The molecule has 0 aliphatic carbocycles. The quantitative estimate of drug-likeness (QED) is 0.780. The predicted octanol–water partition coefficient (Wildman–Crippen LogP) is 3.17. The second-order valence-electron chi connectivity index (χ2n) is 6.56. The van der Waals surface area contributed by atoms with Crippen LogP contribution in [0.2, 0.25) is 0 Å². The van der Waals surface area contributed by atoms with E-state index in [1.807, 2.05) is 0 Å². The summed E-state index contributed by atoms with van der Waals surface area (Å²) >= 11 is 0. The van der Waals surface area contributed by atoms with Gasteiger partial charge in [-0.2, -0.15) is 0 Å². The van der Waals surface area contributed by atoms with E-state index in [-0.39, 0.29) is 5.56 Å².